The Balaban J connectivity index is 1.16. The smallest absolute Gasteiger partial charge is 0.224 e. The zero-order chi connectivity index (χ0) is 30.6. The molecule has 232 valence electrons. The number of ether oxygens (including phenoxy) is 4. The second kappa shape index (κ2) is 16.2. The Morgan fingerprint density at radius 2 is 1.77 bits per heavy atom. The summed E-state index contributed by atoms with van der Waals surface area (Å²) in [4.78, 5) is 12.0. The summed E-state index contributed by atoms with van der Waals surface area (Å²) in [6, 6.07) is 24.3. The van der Waals surface area contributed by atoms with Gasteiger partial charge in [0.25, 0.3) is 0 Å². The monoisotopic (exact) mass is 597 g/mol. The third kappa shape index (κ3) is 8.60. The van der Waals surface area contributed by atoms with Gasteiger partial charge in [0.2, 0.25) is 5.91 Å². The molecule has 5 rings (SSSR count). The predicted octanol–water partition coefficient (Wildman–Crippen LogP) is 6.31. The van der Waals surface area contributed by atoms with E-state index < -0.39 is 0 Å². The molecule has 44 heavy (non-hydrogen) atoms. The number of aryl methyl sites for hydroxylation is 1. The molecule has 0 saturated carbocycles. The number of hydrogen-bond donors (Lipinski definition) is 2. The van der Waals surface area contributed by atoms with Crippen molar-refractivity contribution in [1.82, 2.24) is 5.32 Å². The second-order valence-corrected chi connectivity index (χ2v) is 11.4. The van der Waals surface area contributed by atoms with Crippen LogP contribution in [0.1, 0.15) is 72.8 Å². The fourth-order valence-corrected chi connectivity index (χ4v) is 5.95. The van der Waals surface area contributed by atoms with Gasteiger partial charge in [-0.15, -0.1) is 0 Å². The van der Waals surface area contributed by atoms with E-state index in [1.807, 2.05) is 18.2 Å². The first-order valence-electron chi connectivity index (χ1n) is 15.8. The minimum Gasteiger partial charge on any atom is -0.494 e. The number of para-hydroxylation sites is 1. The van der Waals surface area contributed by atoms with Crippen molar-refractivity contribution in [2.24, 2.45) is 0 Å². The number of fused-ring (bicyclic) bond motifs is 1. The average Bonchev–Trinajstić information content (AvgIpc) is 3.06. The van der Waals surface area contributed by atoms with Crippen LogP contribution >= 0.6 is 0 Å². The van der Waals surface area contributed by atoms with Crippen molar-refractivity contribution in [2.45, 2.75) is 63.1 Å². The molecule has 1 fully saturated rings. The fraction of sp³-hybridized carbons (Fsp3) is 0.444. The van der Waals surface area contributed by atoms with E-state index in [4.69, 9.17) is 18.9 Å². The number of carbonyl (C=O) groups is 1. The zero-order valence-electron chi connectivity index (χ0n) is 25.6. The quantitative estimate of drug-likeness (QED) is 0.198. The van der Waals surface area contributed by atoms with Gasteiger partial charge in [0, 0.05) is 38.3 Å². The van der Waals surface area contributed by atoms with Gasteiger partial charge in [-0.25, -0.2) is 0 Å². The maximum atomic E-state index is 12.0. The minimum absolute atomic E-state index is 0.0138. The molecule has 8 heteroatoms. The van der Waals surface area contributed by atoms with Gasteiger partial charge in [-0.2, -0.15) is 5.26 Å². The van der Waals surface area contributed by atoms with Crippen molar-refractivity contribution in [3.63, 3.8) is 0 Å². The summed E-state index contributed by atoms with van der Waals surface area (Å²) in [5.41, 5.74) is 4.99. The average molecular weight is 598 g/mol. The van der Waals surface area contributed by atoms with Gasteiger partial charge < -0.3 is 29.6 Å². The summed E-state index contributed by atoms with van der Waals surface area (Å²) < 4.78 is 24.0. The van der Waals surface area contributed by atoms with E-state index in [2.05, 4.69) is 59.2 Å². The molecule has 0 spiro atoms. The van der Waals surface area contributed by atoms with Crippen LogP contribution in [0.4, 0.5) is 5.69 Å². The molecule has 2 N–H and O–H groups in total. The molecule has 3 aromatic rings. The molecule has 0 aromatic heterocycles. The number of nitriles is 1. The van der Waals surface area contributed by atoms with E-state index in [1.165, 1.54) is 11.1 Å². The highest BCUT2D eigenvalue weighted by Gasteiger charge is 2.30. The van der Waals surface area contributed by atoms with E-state index in [-0.39, 0.29) is 24.0 Å². The lowest BCUT2D eigenvalue weighted by Gasteiger charge is -2.35. The lowest BCUT2D eigenvalue weighted by Crippen LogP contribution is -2.41. The van der Waals surface area contributed by atoms with Crippen molar-refractivity contribution >= 4 is 11.6 Å². The summed E-state index contributed by atoms with van der Waals surface area (Å²) in [5, 5.41) is 15.8. The number of nitrogens with zero attached hydrogens (tertiary/aromatic N) is 1. The second-order valence-electron chi connectivity index (χ2n) is 11.4. The van der Waals surface area contributed by atoms with Gasteiger partial charge in [0.05, 0.1) is 31.0 Å². The molecule has 1 amide bonds. The molecular formula is C36H43N3O5. The number of rotatable bonds is 15. The standard InChI is InChI=1S/C36H43N3O5/c1-41-20-6-9-34(28-11-10-27-14-17-36(40)39-32(27)23-28)44-35-25-38-19-18-31(35)26-12-15-30(16-13-26)42-21-4-5-22-43-33-8-3-2-7-29(33)24-37/h2-3,7-8,10-13,15-16,23,31,34-35,38H,4-6,9,14,17-22,25H2,1H3,(H,39,40). The topological polar surface area (TPSA) is 102 Å². The third-order valence-corrected chi connectivity index (χ3v) is 8.36. The first kappa shape index (κ1) is 31.5. The first-order valence-corrected chi connectivity index (χ1v) is 15.8. The number of nitrogens with one attached hydrogen (secondary N) is 2. The van der Waals surface area contributed by atoms with Crippen LogP contribution in [0, 0.1) is 11.3 Å². The van der Waals surface area contributed by atoms with Crippen LogP contribution < -0.4 is 20.1 Å². The number of unbranched alkanes of at least 4 members (excludes halogenated alkanes) is 1. The number of benzene rings is 3. The molecule has 8 nitrogen and oxygen atoms in total. The van der Waals surface area contributed by atoms with Crippen LogP contribution in [0.5, 0.6) is 11.5 Å². The Bertz CT molecular complexity index is 1400. The molecule has 2 heterocycles. The van der Waals surface area contributed by atoms with E-state index in [0.717, 1.165) is 68.6 Å². The SMILES string of the molecule is COCCCC(OC1CNCCC1c1ccc(OCCCCOc2ccccc2C#N)cc1)c1ccc2c(c1)NC(=O)CC2. The summed E-state index contributed by atoms with van der Waals surface area (Å²) in [7, 11) is 1.73. The number of amides is 1. The third-order valence-electron chi connectivity index (χ3n) is 8.36. The van der Waals surface area contributed by atoms with Crippen LogP contribution in [0.2, 0.25) is 0 Å². The lowest BCUT2D eigenvalue weighted by atomic mass is 9.87. The molecule has 0 bridgehead atoms. The molecule has 3 unspecified atom stereocenters. The summed E-state index contributed by atoms with van der Waals surface area (Å²) >= 11 is 0. The van der Waals surface area contributed by atoms with E-state index in [0.29, 0.717) is 37.6 Å². The van der Waals surface area contributed by atoms with Crippen molar-refractivity contribution in [3.8, 4) is 17.6 Å². The van der Waals surface area contributed by atoms with Gasteiger partial charge in [-0.05, 0) is 92.1 Å². The Hall–Kier alpha value is -3.90. The van der Waals surface area contributed by atoms with Crippen LogP contribution in [0.15, 0.2) is 66.7 Å². The normalized spacial score (nSPS) is 18.5. The van der Waals surface area contributed by atoms with Gasteiger partial charge in [-0.3, -0.25) is 4.79 Å². The van der Waals surface area contributed by atoms with Gasteiger partial charge in [-0.1, -0.05) is 36.4 Å². The van der Waals surface area contributed by atoms with Crippen LogP contribution in [-0.2, 0) is 20.7 Å². The summed E-state index contributed by atoms with van der Waals surface area (Å²) in [6.45, 7) is 3.56. The molecular weight excluding hydrogens is 554 g/mol. The zero-order valence-corrected chi connectivity index (χ0v) is 25.6. The van der Waals surface area contributed by atoms with Crippen LogP contribution in [0.3, 0.4) is 0 Å². The Morgan fingerprint density at radius 1 is 0.955 bits per heavy atom. The molecule has 2 aliphatic heterocycles. The van der Waals surface area contributed by atoms with Crippen molar-refractivity contribution < 1.29 is 23.7 Å². The number of piperidine rings is 1. The maximum absolute atomic E-state index is 12.0. The van der Waals surface area contributed by atoms with Gasteiger partial charge in [0.15, 0.2) is 0 Å². The highest BCUT2D eigenvalue weighted by Crippen LogP contribution is 2.36. The Labute approximate surface area is 260 Å². The number of hydrogen-bond acceptors (Lipinski definition) is 7. The van der Waals surface area contributed by atoms with Crippen LogP contribution in [0.25, 0.3) is 0 Å². The number of anilines is 1. The molecule has 0 radical (unpaired) electrons. The maximum Gasteiger partial charge on any atom is 0.224 e. The van der Waals surface area contributed by atoms with E-state index in [1.54, 1.807) is 13.2 Å². The first-order chi connectivity index (χ1) is 21.6. The molecule has 3 aromatic carbocycles. The number of carbonyl (C=O) groups excluding carboxylic acids is 1. The molecule has 0 aliphatic carbocycles. The van der Waals surface area contributed by atoms with E-state index in [9.17, 15) is 10.1 Å². The fourth-order valence-electron chi connectivity index (χ4n) is 5.95. The summed E-state index contributed by atoms with van der Waals surface area (Å²) in [5.74, 6) is 1.82. The van der Waals surface area contributed by atoms with Crippen molar-refractivity contribution in [2.75, 3.05) is 45.3 Å². The molecule has 2 aliphatic rings. The number of methoxy groups -OCH3 is 1. The van der Waals surface area contributed by atoms with Crippen LogP contribution in [-0.4, -0.2) is 52.0 Å². The Kier molecular flexibility index (Phi) is 11.6. The van der Waals surface area contributed by atoms with Crippen molar-refractivity contribution in [1.29, 1.82) is 5.26 Å². The Morgan fingerprint density at radius 3 is 2.59 bits per heavy atom. The summed E-state index contributed by atoms with van der Waals surface area (Å²) in [6.07, 6.45) is 5.65. The lowest BCUT2D eigenvalue weighted by molar-refractivity contribution is -0.116. The highest BCUT2D eigenvalue weighted by atomic mass is 16.5. The minimum atomic E-state index is -0.0957. The predicted molar refractivity (Wildman–Crippen MR) is 170 cm³/mol. The van der Waals surface area contributed by atoms with E-state index >= 15 is 0 Å². The highest BCUT2D eigenvalue weighted by molar-refractivity contribution is 5.94. The largest absolute Gasteiger partial charge is 0.494 e. The van der Waals surface area contributed by atoms with Crippen molar-refractivity contribution in [3.05, 3.63) is 89.0 Å². The van der Waals surface area contributed by atoms with Gasteiger partial charge in [0.1, 0.15) is 17.6 Å². The molecule has 3 atom stereocenters. The molecule has 1 saturated heterocycles. The van der Waals surface area contributed by atoms with Gasteiger partial charge >= 0.3 is 0 Å².